The summed E-state index contributed by atoms with van der Waals surface area (Å²) < 4.78 is 2.06. The number of carbonyl (C=O) groups is 1. The zero-order valence-electron chi connectivity index (χ0n) is 14.6. The van der Waals surface area contributed by atoms with E-state index in [1.807, 2.05) is 34.0 Å². The van der Waals surface area contributed by atoms with Crippen LogP contribution < -0.4 is 0 Å². The molecule has 1 aliphatic rings. The molecule has 1 N–H and O–H groups in total. The third kappa shape index (κ3) is 2.92. The van der Waals surface area contributed by atoms with E-state index in [1.165, 1.54) is 30.5 Å². The fourth-order valence-electron chi connectivity index (χ4n) is 3.43. The van der Waals surface area contributed by atoms with Crippen LogP contribution in [0.3, 0.4) is 0 Å². The van der Waals surface area contributed by atoms with Crippen molar-refractivity contribution < 1.29 is 4.79 Å². The lowest BCUT2D eigenvalue weighted by molar-refractivity contribution is 0.0782. The van der Waals surface area contributed by atoms with Crippen molar-refractivity contribution in [2.24, 2.45) is 7.05 Å². The molecule has 0 aliphatic heterocycles. The first kappa shape index (κ1) is 15.8. The van der Waals surface area contributed by atoms with Crippen LogP contribution >= 0.6 is 0 Å². The lowest BCUT2D eigenvalue weighted by atomic mass is 10.1. The van der Waals surface area contributed by atoms with Gasteiger partial charge in [0.2, 0.25) is 0 Å². The van der Waals surface area contributed by atoms with E-state index in [2.05, 4.69) is 14.8 Å². The third-order valence-corrected chi connectivity index (χ3v) is 5.13. The Morgan fingerprint density at radius 2 is 2.04 bits per heavy atom. The fraction of sp³-hybridized carbons (Fsp3) is 0.556. The Balaban J connectivity index is 1.79. The number of nitrogens with zero attached hydrogens (tertiary/aromatic N) is 3. The summed E-state index contributed by atoms with van der Waals surface area (Å²) in [7, 11) is 3.86. The molecule has 2 heterocycles. The Kier molecular flexibility index (Phi) is 4.28. The molecule has 0 saturated heterocycles. The number of fused-ring (bicyclic) bond motifs is 1. The first-order valence-corrected chi connectivity index (χ1v) is 8.42. The van der Waals surface area contributed by atoms with E-state index < -0.39 is 0 Å². The average Bonchev–Trinajstić information content (AvgIpc) is 2.91. The molecule has 2 aromatic rings. The molecule has 0 bridgehead atoms. The number of H-pyrrole nitrogens is 1. The lowest BCUT2D eigenvalue weighted by Crippen LogP contribution is -2.27. The minimum absolute atomic E-state index is 0.0663. The number of aryl methyl sites for hydroxylation is 2. The van der Waals surface area contributed by atoms with Crippen LogP contribution in [-0.4, -0.2) is 32.6 Å². The van der Waals surface area contributed by atoms with Crippen molar-refractivity contribution in [1.82, 2.24) is 19.7 Å². The number of hydrogen-bond donors (Lipinski definition) is 1. The smallest absolute Gasteiger partial charge is 0.255 e. The lowest BCUT2D eigenvalue weighted by Gasteiger charge is -2.17. The standard InChI is InChI=1S/C18H26N4O/c1-12-10-15(13(2)22(12)4)18(23)21(3)11-17-14-8-6-5-7-9-16(14)19-20-17/h10H,5-9,11H2,1-4H3,(H,19,20). The molecular formula is C18H26N4O. The van der Waals surface area contributed by atoms with Gasteiger partial charge in [0.05, 0.1) is 17.8 Å². The molecule has 0 atom stereocenters. The molecule has 2 aromatic heterocycles. The van der Waals surface area contributed by atoms with Gasteiger partial charge in [-0.2, -0.15) is 5.10 Å². The van der Waals surface area contributed by atoms with Crippen molar-refractivity contribution in [3.8, 4) is 0 Å². The highest BCUT2D eigenvalue weighted by atomic mass is 16.2. The number of amides is 1. The van der Waals surface area contributed by atoms with Crippen molar-refractivity contribution in [3.05, 3.63) is 40.0 Å². The van der Waals surface area contributed by atoms with Gasteiger partial charge in [-0.25, -0.2) is 0 Å². The Bertz CT molecular complexity index is 726. The highest BCUT2D eigenvalue weighted by molar-refractivity contribution is 5.95. The number of nitrogens with one attached hydrogen (secondary N) is 1. The van der Waals surface area contributed by atoms with E-state index in [1.54, 1.807) is 4.90 Å². The van der Waals surface area contributed by atoms with Crippen LogP contribution in [0.5, 0.6) is 0 Å². The molecule has 0 spiro atoms. The summed E-state index contributed by atoms with van der Waals surface area (Å²) in [6.07, 6.45) is 5.88. The maximum absolute atomic E-state index is 12.8. The van der Waals surface area contributed by atoms with Gasteiger partial charge in [0.1, 0.15) is 0 Å². The van der Waals surface area contributed by atoms with Crippen molar-refractivity contribution >= 4 is 5.91 Å². The van der Waals surface area contributed by atoms with E-state index >= 15 is 0 Å². The van der Waals surface area contributed by atoms with Gasteiger partial charge in [-0.15, -0.1) is 0 Å². The highest BCUT2D eigenvalue weighted by Crippen LogP contribution is 2.23. The van der Waals surface area contributed by atoms with Gasteiger partial charge < -0.3 is 9.47 Å². The number of aromatic nitrogens is 3. The van der Waals surface area contributed by atoms with E-state index in [-0.39, 0.29) is 5.91 Å². The molecule has 0 unspecified atom stereocenters. The first-order valence-electron chi connectivity index (χ1n) is 8.42. The quantitative estimate of drug-likeness (QED) is 0.886. The normalized spacial score (nSPS) is 14.4. The van der Waals surface area contributed by atoms with Gasteiger partial charge >= 0.3 is 0 Å². The Hall–Kier alpha value is -2.04. The summed E-state index contributed by atoms with van der Waals surface area (Å²) in [5.74, 6) is 0.0663. The molecule has 5 nitrogen and oxygen atoms in total. The molecule has 3 rings (SSSR count). The Morgan fingerprint density at radius 1 is 1.30 bits per heavy atom. The Morgan fingerprint density at radius 3 is 2.74 bits per heavy atom. The molecule has 124 valence electrons. The molecule has 0 saturated carbocycles. The van der Waals surface area contributed by atoms with Crippen molar-refractivity contribution in [1.29, 1.82) is 0 Å². The summed E-state index contributed by atoms with van der Waals surface area (Å²) in [4.78, 5) is 14.5. The molecule has 1 aliphatic carbocycles. The second kappa shape index (κ2) is 6.22. The van der Waals surface area contributed by atoms with Gasteiger partial charge in [-0.1, -0.05) is 6.42 Å². The zero-order valence-corrected chi connectivity index (χ0v) is 14.6. The van der Waals surface area contributed by atoms with Gasteiger partial charge in [-0.3, -0.25) is 9.89 Å². The minimum atomic E-state index is 0.0663. The fourth-order valence-corrected chi connectivity index (χ4v) is 3.43. The number of aromatic amines is 1. The summed E-state index contributed by atoms with van der Waals surface area (Å²) in [6, 6.07) is 1.97. The largest absolute Gasteiger partial charge is 0.351 e. The monoisotopic (exact) mass is 314 g/mol. The van der Waals surface area contributed by atoms with E-state index in [9.17, 15) is 4.79 Å². The van der Waals surface area contributed by atoms with Gasteiger partial charge in [-0.05, 0) is 51.2 Å². The van der Waals surface area contributed by atoms with E-state index in [4.69, 9.17) is 0 Å². The SMILES string of the molecule is Cc1cc(C(=O)N(C)Cc2n[nH]c3c2CCCCC3)c(C)n1C. The maximum Gasteiger partial charge on any atom is 0.255 e. The van der Waals surface area contributed by atoms with Crippen molar-refractivity contribution in [2.75, 3.05) is 7.05 Å². The van der Waals surface area contributed by atoms with Crippen LogP contribution in [0.15, 0.2) is 6.07 Å². The predicted octanol–water partition coefficient (Wildman–Crippen LogP) is 2.91. The number of hydrogen-bond acceptors (Lipinski definition) is 2. The summed E-state index contributed by atoms with van der Waals surface area (Å²) in [5.41, 5.74) is 6.54. The van der Waals surface area contributed by atoms with Gasteiger partial charge in [0.25, 0.3) is 5.91 Å². The molecule has 5 heteroatoms. The molecule has 0 fully saturated rings. The molecular weight excluding hydrogens is 288 g/mol. The van der Waals surface area contributed by atoms with Gasteiger partial charge in [0, 0.05) is 31.2 Å². The van der Waals surface area contributed by atoms with Crippen LogP contribution in [0.1, 0.15) is 58.0 Å². The van der Waals surface area contributed by atoms with Crippen molar-refractivity contribution in [2.45, 2.75) is 52.5 Å². The number of carbonyl (C=O) groups excluding carboxylic acids is 1. The third-order valence-electron chi connectivity index (χ3n) is 5.13. The molecule has 0 aromatic carbocycles. The zero-order chi connectivity index (χ0) is 16.6. The van der Waals surface area contributed by atoms with Crippen molar-refractivity contribution in [3.63, 3.8) is 0 Å². The first-order chi connectivity index (χ1) is 11.0. The topological polar surface area (TPSA) is 53.9 Å². The molecule has 0 radical (unpaired) electrons. The molecule has 1 amide bonds. The average molecular weight is 314 g/mol. The second-order valence-electron chi connectivity index (χ2n) is 6.69. The number of rotatable bonds is 3. The van der Waals surface area contributed by atoms with Gasteiger partial charge in [0.15, 0.2) is 0 Å². The summed E-state index contributed by atoms with van der Waals surface area (Å²) in [6.45, 7) is 4.59. The molecule has 23 heavy (non-hydrogen) atoms. The second-order valence-corrected chi connectivity index (χ2v) is 6.69. The summed E-state index contributed by atoms with van der Waals surface area (Å²) >= 11 is 0. The van der Waals surface area contributed by atoms with Crippen LogP contribution in [0, 0.1) is 13.8 Å². The van der Waals surface area contributed by atoms with Crippen LogP contribution in [0.2, 0.25) is 0 Å². The van der Waals surface area contributed by atoms with Crippen LogP contribution in [0.25, 0.3) is 0 Å². The van der Waals surface area contributed by atoms with Crippen LogP contribution in [0.4, 0.5) is 0 Å². The van der Waals surface area contributed by atoms with E-state index in [0.717, 1.165) is 35.5 Å². The van der Waals surface area contributed by atoms with E-state index in [0.29, 0.717) is 6.54 Å². The van der Waals surface area contributed by atoms with Crippen LogP contribution in [-0.2, 0) is 26.4 Å². The summed E-state index contributed by atoms with van der Waals surface area (Å²) in [5, 5.41) is 7.66. The highest BCUT2D eigenvalue weighted by Gasteiger charge is 2.21. The Labute approximate surface area is 137 Å². The minimum Gasteiger partial charge on any atom is -0.351 e. The predicted molar refractivity (Wildman–Crippen MR) is 90.5 cm³/mol. The maximum atomic E-state index is 12.8.